The number of hydrogen-bond acceptors (Lipinski definition) is 4. The van der Waals surface area contributed by atoms with Gasteiger partial charge in [0.25, 0.3) is 0 Å². The first kappa shape index (κ1) is 13.7. The van der Waals surface area contributed by atoms with Crippen molar-refractivity contribution in [3.05, 3.63) is 40.9 Å². The van der Waals surface area contributed by atoms with E-state index in [1.165, 1.54) is 12.4 Å². The molecule has 1 heterocycles. The van der Waals surface area contributed by atoms with Gasteiger partial charge >= 0.3 is 0 Å². The van der Waals surface area contributed by atoms with E-state index in [1.54, 1.807) is 18.2 Å². The summed E-state index contributed by atoms with van der Waals surface area (Å²) in [4.78, 5) is 8.17. The molecule has 0 unspecified atom stereocenters. The molecule has 0 bridgehead atoms. The zero-order chi connectivity index (χ0) is 13.7. The normalized spacial score (nSPS) is 10.3. The van der Waals surface area contributed by atoms with Gasteiger partial charge in [-0.3, -0.25) is 0 Å². The molecule has 1 aromatic carbocycles. The van der Waals surface area contributed by atoms with E-state index in [-0.39, 0.29) is 5.82 Å². The quantitative estimate of drug-likeness (QED) is 0.874. The Labute approximate surface area is 119 Å². The molecule has 0 aliphatic rings. The zero-order valence-electron chi connectivity index (χ0n) is 10.5. The van der Waals surface area contributed by atoms with Crippen molar-refractivity contribution >= 4 is 33.3 Å². The SMILES string of the molecule is CCCNc1cc(Nc2c(F)cccc2Br)ncn1. The predicted octanol–water partition coefficient (Wildman–Crippen LogP) is 3.94. The van der Waals surface area contributed by atoms with Crippen LogP contribution in [0.15, 0.2) is 35.1 Å². The lowest BCUT2D eigenvalue weighted by atomic mass is 10.3. The molecular formula is C13H14BrFN4. The summed E-state index contributed by atoms with van der Waals surface area (Å²) in [5.74, 6) is 0.919. The van der Waals surface area contributed by atoms with Crippen LogP contribution in [0.25, 0.3) is 0 Å². The molecule has 0 atom stereocenters. The Morgan fingerprint density at radius 1 is 1.26 bits per heavy atom. The average molecular weight is 325 g/mol. The number of benzene rings is 1. The minimum atomic E-state index is -0.337. The van der Waals surface area contributed by atoms with Gasteiger partial charge in [0.05, 0.1) is 5.69 Å². The van der Waals surface area contributed by atoms with Gasteiger partial charge in [0.15, 0.2) is 0 Å². The van der Waals surface area contributed by atoms with Crippen molar-refractivity contribution in [1.82, 2.24) is 9.97 Å². The number of rotatable bonds is 5. The highest BCUT2D eigenvalue weighted by molar-refractivity contribution is 9.10. The number of nitrogens with zero attached hydrogens (tertiary/aromatic N) is 2. The lowest BCUT2D eigenvalue weighted by Gasteiger charge is -2.10. The first-order valence-electron chi connectivity index (χ1n) is 5.97. The monoisotopic (exact) mass is 324 g/mol. The van der Waals surface area contributed by atoms with Crippen LogP contribution < -0.4 is 10.6 Å². The fraction of sp³-hybridized carbons (Fsp3) is 0.231. The number of para-hydroxylation sites is 1. The Bertz CT molecular complexity index is 542. The first-order chi connectivity index (χ1) is 9.20. The highest BCUT2D eigenvalue weighted by Crippen LogP contribution is 2.28. The smallest absolute Gasteiger partial charge is 0.147 e. The van der Waals surface area contributed by atoms with E-state index < -0.39 is 0 Å². The summed E-state index contributed by atoms with van der Waals surface area (Å²) in [6.07, 6.45) is 2.45. The molecule has 0 aliphatic carbocycles. The van der Waals surface area contributed by atoms with Gasteiger partial charge in [0.2, 0.25) is 0 Å². The minimum Gasteiger partial charge on any atom is -0.370 e. The number of aromatic nitrogens is 2. The van der Waals surface area contributed by atoms with E-state index >= 15 is 0 Å². The highest BCUT2D eigenvalue weighted by Gasteiger charge is 2.07. The van der Waals surface area contributed by atoms with Gasteiger partial charge in [-0.1, -0.05) is 13.0 Å². The summed E-state index contributed by atoms with van der Waals surface area (Å²) >= 11 is 3.30. The Hall–Kier alpha value is -1.69. The van der Waals surface area contributed by atoms with Crippen LogP contribution in [-0.4, -0.2) is 16.5 Å². The van der Waals surface area contributed by atoms with Gasteiger partial charge in [-0.25, -0.2) is 14.4 Å². The molecule has 0 fully saturated rings. The third kappa shape index (κ3) is 3.64. The van der Waals surface area contributed by atoms with Crippen molar-refractivity contribution < 1.29 is 4.39 Å². The molecule has 4 nitrogen and oxygen atoms in total. The summed E-state index contributed by atoms with van der Waals surface area (Å²) < 4.78 is 14.3. The number of halogens is 2. The molecule has 0 aliphatic heterocycles. The molecule has 0 saturated heterocycles. The third-order valence-corrected chi connectivity index (χ3v) is 3.10. The van der Waals surface area contributed by atoms with Crippen LogP contribution in [0.5, 0.6) is 0 Å². The maximum atomic E-state index is 13.7. The average Bonchev–Trinajstić information content (AvgIpc) is 2.41. The molecule has 100 valence electrons. The van der Waals surface area contributed by atoms with E-state index in [2.05, 4.69) is 43.5 Å². The molecule has 6 heteroatoms. The summed E-state index contributed by atoms with van der Waals surface area (Å²) in [7, 11) is 0. The number of nitrogens with one attached hydrogen (secondary N) is 2. The lowest BCUT2D eigenvalue weighted by Crippen LogP contribution is -2.04. The van der Waals surface area contributed by atoms with Gasteiger partial charge in [0.1, 0.15) is 23.8 Å². The molecule has 2 rings (SSSR count). The molecule has 0 saturated carbocycles. The molecule has 19 heavy (non-hydrogen) atoms. The van der Waals surface area contributed by atoms with E-state index in [0.29, 0.717) is 21.8 Å². The molecular weight excluding hydrogens is 311 g/mol. The maximum absolute atomic E-state index is 13.7. The summed E-state index contributed by atoms with van der Waals surface area (Å²) in [5, 5.41) is 6.10. The third-order valence-electron chi connectivity index (χ3n) is 2.44. The van der Waals surface area contributed by atoms with Crippen LogP contribution in [0, 0.1) is 5.82 Å². The van der Waals surface area contributed by atoms with Crippen LogP contribution in [0.4, 0.5) is 21.7 Å². The van der Waals surface area contributed by atoms with Crippen molar-refractivity contribution in [2.24, 2.45) is 0 Å². The van der Waals surface area contributed by atoms with Crippen molar-refractivity contribution in [3.63, 3.8) is 0 Å². The second-order valence-electron chi connectivity index (χ2n) is 3.94. The Kier molecular flexibility index (Phi) is 4.68. The topological polar surface area (TPSA) is 49.8 Å². The van der Waals surface area contributed by atoms with Gasteiger partial charge in [0, 0.05) is 17.1 Å². The molecule has 2 aromatic rings. The second-order valence-corrected chi connectivity index (χ2v) is 4.79. The van der Waals surface area contributed by atoms with Crippen molar-refractivity contribution in [1.29, 1.82) is 0 Å². The van der Waals surface area contributed by atoms with Crippen LogP contribution in [0.3, 0.4) is 0 Å². The Morgan fingerprint density at radius 2 is 2.05 bits per heavy atom. The van der Waals surface area contributed by atoms with Crippen LogP contribution in [0.1, 0.15) is 13.3 Å². The van der Waals surface area contributed by atoms with Crippen molar-refractivity contribution in [2.45, 2.75) is 13.3 Å². The summed E-state index contributed by atoms with van der Waals surface area (Å²) in [5.41, 5.74) is 0.364. The highest BCUT2D eigenvalue weighted by atomic mass is 79.9. The van der Waals surface area contributed by atoms with Crippen LogP contribution in [-0.2, 0) is 0 Å². The fourth-order valence-electron chi connectivity index (χ4n) is 1.52. The van der Waals surface area contributed by atoms with Gasteiger partial charge < -0.3 is 10.6 Å². The summed E-state index contributed by atoms with van der Waals surface area (Å²) in [6, 6.07) is 6.54. The maximum Gasteiger partial charge on any atom is 0.147 e. The van der Waals surface area contributed by atoms with Gasteiger partial charge in [-0.15, -0.1) is 0 Å². The van der Waals surface area contributed by atoms with E-state index in [4.69, 9.17) is 0 Å². The molecule has 0 spiro atoms. The standard InChI is InChI=1S/C13H14BrFN4/c1-2-6-16-11-7-12(18-8-17-11)19-13-9(14)4-3-5-10(13)15/h3-5,7-8H,2,6H2,1H3,(H2,16,17,18,19). The number of hydrogen-bond donors (Lipinski definition) is 2. The molecule has 1 aromatic heterocycles. The molecule has 0 amide bonds. The lowest BCUT2D eigenvalue weighted by molar-refractivity contribution is 0.631. The van der Waals surface area contributed by atoms with Crippen LogP contribution in [0.2, 0.25) is 0 Å². The van der Waals surface area contributed by atoms with Crippen molar-refractivity contribution in [2.75, 3.05) is 17.2 Å². The van der Waals surface area contributed by atoms with E-state index in [9.17, 15) is 4.39 Å². The number of anilines is 3. The first-order valence-corrected chi connectivity index (χ1v) is 6.77. The Balaban J connectivity index is 2.19. The van der Waals surface area contributed by atoms with E-state index in [0.717, 1.165) is 13.0 Å². The zero-order valence-corrected chi connectivity index (χ0v) is 12.0. The van der Waals surface area contributed by atoms with Gasteiger partial charge in [-0.05, 0) is 34.5 Å². The summed E-state index contributed by atoms with van der Waals surface area (Å²) in [6.45, 7) is 2.91. The molecule has 0 radical (unpaired) electrons. The molecule has 2 N–H and O–H groups in total. The minimum absolute atomic E-state index is 0.337. The van der Waals surface area contributed by atoms with Crippen LogP contribution >= 0.6 is 15.9 Å². The fourth-order valence-corrected chi connectivity index (χ4v) is 1.96. The van der Waals surface area contributed by atoms with Gasteiger partial charge in [-0.2, -0.15) is 0 Å². The Morgan fingerprint density at radius 3 is 2.79 bits per heavy atom. The van der Waals surface area contributed by atoms with Crippen molar-refractivity contribution in [3.8, 4) is 0 Å². The predicted molar refractivity (Wildman–Crippen MR) is 78.2 cm³/mol. The second kappa shape index (κ2) is 6.47. The van der Waals surface area contributed by atoms with E-state index in [1.807, 2.05) is 0 Å². The largest absolute Gasteiger partial charge is 0.370 e.